The molecule has 0 radical (unpaired) electrons. The van der Waals surface area contributed by atoms with E-state index >= 15 is 0 Å². The van der Waals surface area contributed by atoms with Crippen LogP contribution in [0.5, 0.6) is 5.75 Å². The fraction of sp³-hybridized carbons (Fsp3) is 0.300. The molecule has 1 unspecified atom stereocenters. The van der Waals surface area contributed by atoms with Crippen molar-refractivity contribution in [1.82, 2.24) is 30.8 Å². The molecule has 4 N–H and O–H groups in total. The van der Waals surface area contributed by atoms with Crippen molar-refractivity contribution in [3.05, 3.63) is 161 Å². The highest BCUT2D eigenvalue weighted by Gasteiger charge is 2.13. The molecule has 250 valence electrons. The highest BCUT2D eigenvalue weighted by molar-refractivity contribution is 5.31. The van der Waals surface area contributed by atoms with E-state index in [9.17, 15) is 5.11 Å². The lowest BCUT2D eigenvalue weighted by molar-refractivity contribution is 0.263. The maximum Gasteiger partial charge on any atom is 0.120 e. The molecule has 0 amide bonds. The van der Waals surface area contributed by atoms with Gasteiger partial charge in [-0.2, -0.15) is 0 Å². The van der Waals surface area contributed by atoms with Crippen LogP contribution in [-0.4, -0.2) is 52.8 Å². The highest BCUT2D eigenvalue weighted by Crippen LogP contribution is 2.23. The van der Waals surface area contributed by atoms with Crippen LogP contribution < -0.4 is 20.7 Å². The first kappa shape index (κ1) is 34.9. The molecule has 3 aromatic carbocycles. The Morgan fingerprint density at radius 2 is 1.29 bits per heavy atom. The Kier molecular flexibility index (Phi) is 14.6. The van der Waals surface area contributed by atoms with Crippen molar-refractivity contribution in [3.63, 3.8) is 0 Å². The maximum atomic E-state index is 9.82. The number of aromatic nitrogens is 2. The SMILES string of the molecule is OCCC(NCc1ccc(CN(CCNCc2ccccn2)CCNCc2ccccn2)cc1)c1cccc(OCc2ccccc2)c1. The number of hydrogen-bond acceptors (Lipinski definition) is 8. The molecule has 0 aliphatic heterocycles. The van der Waals surface area contributed by atoms with Crippen LogP contribution in [0.15, 0.2) is 128 Å². The number of nitrogens with one attached hydrogen (secondary N) is 3. The molecule has 2 aromatic heterocycles. The Labute approximate surface area is 285 Å². The van der Waals surface area contributed by atoms with Gasteiger partial charge in [0.05, 0.1) is 11.4 Å². The van der Waals surface area contributed by atoms with E-state index < -0.39 is 0 Å². The average molecular weight is 645 g/mol. The Morgan fingerprint density at radius 3 is 1.92 bits per heavy atom. The largest absolute Gasteiger partial charge is 0.489 e. The molecule has 5 rings (SSSR count). The van der Waals surface area contributed by atoms with Crippen LogP contribution >= 0.6 is 0 Å². The molecule has 0 aliphatic rings. The van der Waals surface area contributed by atoms with Gasteiger partial charge in [-0.3, -0.25) is 14.9 Å². The Hall–Kier alpha value is -4.44. The van der Waals surface area contributed by atoms with E-state index in [0.29, 0.717) is 19.6 Å². The fourth-order valence-corrected chi connectivity index (χ4v) is 5.52. The molecular formula is C40H48N6O2. The standard InChI is InChI=1S/C40H48N6O2/c47-26-19-40(36-11-8-14-39(27-36)48-32-35-9-2-1-3-10-35)45-28-33-15-17-34(18-16-33)31-46(24-22-41-29-37-12-4-6-20-43-37)25-23-42-30-38-13-5-7-21-44-38/h1-18,20-21,27,40-42,45,47H,19,22-26,28-32H2. The number of rotatable bonds is 21. The number of pyridine rings is 2. The van der Waals surface area contributed by atoms with Crippen LogP contribution in [0, 0.1) is 0 Å². The van der Waals surface area contributed by atoms with E-state index in [4.69, 9.17) is 4.74 Å². The molecular weight excluding hydrogens is 596 g/mol. The van der Waals surface area contributed by atoms with Crippen molar-refractivity contribution in [1.29, 1.82) is 0 Å². The van der Waals surface area contributed by atoms with Gasteiger partial charge in [-0.1, -0.05) is 78.9 Å². The first-order valence-electron chi connectivity index (χ1n) is 16.9. The van der Waals surface area contributed by atoms with Crippen molar-refractivity contribution >= 4 is 0 Å². The lowest BCUT2D eigenvalue weighted by Crippen LogP contribution is -2.36. The van der Waals surface area contributed by atoms with Gasteiger partial charge < -0.3 is 25.8 Å². The number of aliphatic hydroxyl groups excluding tert-OH is 1. The predicted molar refractivity (Wildman–Crippen MR) is 192 cm³/mol. The van der Waals surface area contributed by atoms with E-state index in [-0.39, 0.29) is 12.6 Å². The van der Waals surface area contributed by atoms with Crippen LogP contribution in [0.1, 0.15) is 46.1 Å². The van der Waals surface area contributed by atoms with E-state index in [0.717, 1.165) is 74.1 Å². The van der Waals surface area contributed by atoms with Gasteiger partial charge in [0.15, 0.2) is 0 Å². The Morgan fingerprint density at radius 1 is 0.646 bits per heavy atom. The second-order valence-corrected chi connectivity index (χ2v) is 11.9. The summed E-state index contributed by atoms with van der Waals surface area (Å²) in [6.45, 7) is 7.34. The van der Waals surface area contributed by atoms with Crippen LogP contribution in [0.3, 0.4) is 0 Å². The zero-order valence-electron chi connectivity index (χ0n) is 27.7. The third-order valence-corrected chi connectivity index (χ3v) is 8.18. The average Bonchev–Trinajstić information content (AvgIpc) is 3.14. The molecule has 0 spiro atoms. The van der Waals surface area contributed by atoms with Gasteiger partial charge in [0.1, 0.15) is 12.4 Å². The predicted octanol–water partition coefficient (Wildman–Crippen LogP) is 5.65. The maximum absolute atomic E-state index is 9.82. The zero-order chi connectivity index (χ0) is 33.1. The zero-order valence-corrected chi connectivity index (χ0v) is 27.7. The van der Waals surface area contributed by atoms with Crippen LogP contribution in [-0.2, 0) is 32.8 Å². The second kappa shape index (κ2) is 20.0. The monoisotopic (exact) mass is 644 g/mol. The quantitative estimate of drug-likeness (QED) is 0.0762. The Balaban J connectivity index is 1.12. The summed E-state index contributed by atoms with van der Waals surface area (Å²) in [5.41, 5.74) is 6.83. The summed E-state index contributed by atoms with van der Waals surface area (Å²) in [5.74, 6) is 0.828. The van der Waals surface area contributed by atoms with Crippen molar-refractivity contribution in [2.75, 3.05) is 32.8 Å². The molecule has 0 saturated carbocycles. The molecule has 1 atom stereocenters. The van der Waals surface area contributed by atoms with Gasteiger partial charge in [0, 0.05) is 77.4 Å². The molecule has 2 heterocycles. The number of benzene rings is 3. The van der Waals surface area contributed by atoms with E-state index in [1.807, 2.05) is 79.1 Å². The number of ether oxygens (including phenoxy) is 1. The van der Waals surface area contributed by atoms with Crippen LogP contribution in [0.2, 0.25) is 0 Å². The normalized spacial score (nSPS) is 11.9. The second-order valence-electron chi connectivity index (χ2n) is 11.9. The third kappa shape index (κ3) is 12.3. The van der Waals surface area contributed by atoms with Crippen molar-refractivity contribution < 1.29 is 9.84 Å². The summed E-state index contributed by atoms with van der Waals surface area (Å²) in [7, 11) is 0. The summed E-state index contributed by atoms with van der Waals surface area (Å²) in [6.07, 6.45) is 4.30. The van der Waals surface area contributed by atoms with Gasteiger partial charge in [0.2, 0.25) is 0 Å². The van der Waals surface area contributed by atoms with Crippen molar-refractivity contribution in [2.24, 2.45) is 0 Å². The highest BCUT2D eigenvalue weighted by atomic mass is 16.5. The molecule has 48 heavy (non-hydrogen) atoms. The minimum atomic E-state index is 0.0163. The van der Waals surface area contributed by atoms with E-state index in [1.54, 1.807) is 0 Å². The lowest BCUT2D eigenvalue weighted by Gasteiger charge is -2.23. The summed E-state index contributed by atoms with van der Waals surface area (Å²) in [5, 5.41) is 20.6. The van der Waals surface area contributed by atoms with Crippen LogP contribution in [0.25, 0.3) is 0 Å². The number of aliphatic hydroxyl groups is 1. The molecule has 0 bridgehead atoms. The summed E-state index contributed by atoms with van der Waals surface area (Å²) in [4.78, 5) is 11.3. The number of hydrogen-bond donors (Lipinski definition) is 4. The van der Waals surface area contributed by atoms with Gasteiger partial charge in [-0.05, 0) is 65.1 Å². The summed E-state index contributed by atoms with van der Waals surface area (Å²) < 4.78 is 6.06. The summed E-state index contributed by atoms with van der Waals surface area (Å²) >= 11 is 0. The van der Waals surface area contributed by atoms with Crippen LogP contribution in [0.4, 0.5) is 0 Å². The lowest BCUT2D eigenvalue weighted by atomic mass is 10.0. The first-order chi connectivity index (χ1) is 23.7. The molecule has 8 nitrogen and oxygen atoms in total. The molecule has 8 heteroatoms. The van der Waals surface area contributed by atoms with Gasteiger partial charge in [-0.25, -0.2) is 0 Å². The van der Waals surface area contributed by atoms with Crippen molar-refractivity contribution in [2.45, 2.75) is 45.2 Å². The smallest absolute Gasteiger partial charge is 0.120 e. The topological polar surface area (TPSA) is 94.6 Å². The number of nitrogens with zero attached hydrogens (tertiary/aromatic N) is 3. The fourth-order valence-electron chi connectivity index (χ4n) is 5.52. The van der Waals surface area contributed by atoms with Crippen molar-refractivity contribution in [3.8, 4) is 5.75 Å². The molecule has 0 saturated heterocycles. The molecule has 0 fully saturated rings. The van der Waals surface area contributed by atoms with Gasteiger partial charge in [0.25, 0.3) is 0 Å². The minimum absolute atomic E-state index is 0.0163. The minimum Gasteiger partial charge on any atom is -0.489 e. The third-order valence-electron chi connectivity index (χ3n) is 8.18. The van der Waals surface area contributed by atoms with Gasteiger partial charge >= 0.3 is 0 Å². The van der Waals surface area contributed by atoms with E-state index in [1.165, 1.54) is 11.1 Å². The first-order valence-corrected chi connectivity index (χ1v) is 16.9. The summed E-state index contributed by atoms with van der Waals surface area (Å²) in [6, 6.07) is 39.3. The van der Waals surface area contributed by atoms with Gasteiger partial charge in [-0.15, -0.1) is 0 Å². The molecule has 5 aromatic rings. The Bertz CT molecular complexity index is 1530. The molecule has 0 aliphatic carbocycles. The van der Waals surface area contributed by atoms with E-state index in [2.05, 4.69) is 79.3 Å².